The molecule has 1 aliphatic carbocycles. The molecule has 4 heteroatoms. The predicted octanol–water partition coefficient (Wildman–Crippen LogP) is 2.71. The molecule has 0 radical (unpaired) electrons. The minimum absolute atomic E-state index is 0.155. The second-order valence-electron chi connectivity index (χ2n) is 5.60. The highest BCUT2D eigenvalue weighted by molar-refractivity contribution is 5.94. The molecule has 1 saturated heterocycles. The van der Waals surface area contributed by atoms with Gasteiger partial charge in [0.2, 0.25) is 0 Å². The van der Waals surface area contributed by atoms with Gasteiger partial charge in [-0.25, -0.2) is 4.39 Å². The van der Waals surface area contributed by atoms with E-state index in [0.29, 0.717) is 17.6 Å². The van der Waals surface area contributed by atoms with Gasteiger partial charge >= 0.3 is 0 Å². The number of carbonyl (C=O) groups excluding carboxylic acids is 1. The third kappa shape index (κ3) is 2.31. The summed E-state index contributed by atoms with van der Waals surface area (Å²) in [7, 11) is 1.48. The quantitative estimate of drug-likeness (QED) is 0.821. The molecule has 3 rings (SSSR count). The van der Waals surface area contributed by atoms with E-state index in [9.17, 15) is 9.18 Å². The fourth-order valence-electron chi connectivity index (χ4n) is 3.34. The number of hydrogen-bond acceptors (Lipinski definition) is 2. The molecule has 0 unspecified atom stereocenters. The Kier molecular flexibility index (Phi) is 3.17. The highest BCUT2D eigenvalue weighted by atomic mass is 19.1. The summed E-state index contributed by atoms with van der Waals surface area (Å²) >= 11 is 0. The molecule has 102 valence electrons. The molecule has 0 aromatic heterocycles. The van der Waals surface area contributed by atoms with Gasteiger partial charge in [-0.05, 0) is 43.2 Å². The van der Waals surface area contributed by atoms with Crippen LogP contribution in [0.25, 0.3) is 0 Å². The lowest BCUT2D eigenvalue weighted by Gasteiger charge is -2.32. The molecule has 19 heavy (non-hydrogen) atoms. The van der Waals surface area contributed by atoms with Crippen molar-refractivity contribution in [2.75, 3.05) is 20.2 Å². The van der Waals surface area contributed by atoms with Crippen LogP contribution in [0.1, 0.15) is 29.6 Å². The number of halogens is 1. The molecule has 0 N–H and O–H groups in total. The van der Waals surface area contributed by atoms with Gasteiger partial charge in [0.05, 0.1) is 12.7 Å². The van der Waals surface area contributed by atoms with Crippen LogP contribution in [0.15, 0.2) is 18.2 Å². The topological polar surface area (TPSA) is 29.5 Å². The third-order valence-corrected chi connectivity index (χ3v) is 4.30. The van der Waals surface area contributed by atoms with Crippen LogP contribution >= 0.6 is 0 Å². The van der Waals surface area contributed by atoms with Crippen LogP contribution < -0.4 is 4.74 Å². The van der Waals surface area contributed by atoms with Gasteiger partial charge in [0.15, 0.2) is 0 Å². The molecule has 2 bridgehead atoms. The van der Waals surface area contributed by atoms with Crippen molar-refractivity contribution in [3.8, 4) is 5.75 Å². The van der Waals surface area contributed by atoms with Gasteiger partial charge in [-0.15, -0.1) is 0 Å². The molecule has 1 aliphatic heterocycles. The number of carbonyl (C=O) groups is 1. The Morgan fingerprint density at radius 3 is 2.58 bits per heavy atom. The molecule has 3 nitrogen and oxygen atoms in total. The number of amides is 1. The van der Waals surface area contributed by atoms with Crippen molar-refractivity contribution in [3.05, 3.63) is 29.6 Å². The number of methoxy groups -OCH3 is 1. The maximum absolute atomic E-state index is 13.9. The number of fused-ring (bicyclic) bond motifs is 2. The van der Waals surface area contributed by atoms with Crippen LogP contribution in [0.4, 0.5) is 4.39 Å². The number of likely N-dealkylation sites (tertiary alicyclic amines) is 1. The van der Waals surface area contributed by atoms with Crippen LogP contribution in [-0.2, 0) is 0 Å². The minimum atomic E-state index is -0.498. The average molecular weight is 263 g/mol. The first kappa shape index (κ1) is 12.5. The van der Waals surface area contributed by atoms with Crippen LogP contribution in [0, 0.1) is 17.7 Å². The number of benzene rings is 1. The normalized spacial score (nSPS) is 25.5. The largest absolute Gasteiger partial charge is 0.497 e. The van der Waals surface area contributed by atoms with E-state index < -0.39 is 5.82 Å². The van der Waals surface area contributed by atoms with Gasteiger partial charge in [0.25, 0.3) is 5.91 Å². The lowest BCUT2D eigenvalue weighted by atomic mass is 9.98. The molecule has 1 saturated carbocycles. The van der Waals surface area contributed by atoms with Crippen LogP contribution in [-0.4, -0.2) is 31.0 Å². The Bertz CT molecular complexity index is 491. The summed E-state index contributed by atoms with van der Waals surface area (Å²) in [6.45, 7) is 1.56. The summed E-state index contributed by atoms with van der Waals surface area (Å²) in [6.07, 6.45) is 3.65. The maximum Gasteiger partial charge on any atom is 0.256 e. The first-order valence-electron chi connectivity index (χ1n) is 6.80. The molecule has 1 aromatic carbocycles. The molecule has 2 aliphatic rings. The predicted molar refractivity (Wildman–Crippen MR) is 69.7 cm³/mol. The standard InChI is InChI=1S/C15H18FNO2/c1-19-12-4-5-13(14(16)7-12)15(18)17-8-10-2-3-11(6-10)9-17/h4-5,7,10-11H,2-3,6,8-9H2,1H3/t10-,11+. The van der Waals surface area contributed by atoms with E-state index in [1.165, 1.54) is 38.5 Å². The van der Waals surface area contributed by atoms with Crippen molar-refractivity contribution in [2.45, 2.75) is 19.3 Å². The van der Waals surface area contributed by atoms with E-state index in [1.807, 2.05) is 4.90 Å². The van der Waals surface area contributed by atoms with Crippen molar-refractivity contribution in [1.82, 2.24) is 4.90 Å². The Balaban J connectivity index is 1.80. The zero-order valence-electron chi connectivity index (χ0n) is 11.1. The van der Waals surface area contributed by atoms with E-state index in [-0.39, 0.29) is 11.5 Å². The lowest BCUT2D eigenvalue weighted by Crippen LogP contribution is -2.41. The molecule has 1 heterocycles. The summed E-state index contributed by atoms with van der Waals surface area (Å²) < 4.78 is 18.9. The minimum Gasteiger partial charge on any atom is -0.497 e. The summed E-state index contributed by atoms with van der Waals surface area (Å²) in [5.74, 6) is 0.986. The molecular formula is C15H18FNO2. The van der Waals surface area contributed by atoms with Gasteiger partial charge in [-0.3, -0.25) is 4.79 Å². The number of rotatable bonds is 2. The zero-order valence-corrected chi connectivity index (χ0v) is 11.1. The first-order chi connectivity index (χ1) is 9.17. The summed E-state index contributed by atoms with van der Waals surface area (Å²) in [4.78, 5) is 14.2. The second kappa shape index (κ2) is 4.83. The number of hydrogen-bond donors (Lipinski definition) is 0. The second-order valence-corrected chi connectivity index (χ2v) is 5.60. The maximum atomic E-state index is 13.9. The Morgan fingerprint density at radius 1 is 1.32 bits per heavy atom. The molecule has 0 spiro atoms. The smallest absolute Gasteiger partial charge is 0.256 e. The van der Waals surface area contributed by atoms with E-state index in [2.05, 4.69) is 0 Å². The SMILES string of the molecule is COc1ccc(C(=O)N2C[C@@H]3CC[C@@H](C3)C2)c(F)c1. The fourth-order valence-corrected chi connectivity index (χ4v) is 3.34. The van der Waals surface area contributed by atoms with Gasteiger partial charge < -0.3 is 9.64 Å². The van der Waals surface area contributed by atoms with Crippen LogP contribution in [0.3, 0.4) is 0 Å². The van der Waals surface area contributed by atoms with Gasteiger partial charge in [-0.1, -0.05) is 0 Å². The number of piperidine rings is 1. The highest BCUT2D eigenvalue weighted by Crippen LogP contribution is 2.36. The summed E-state index contributed by atoms with van der Waals surface area (Å²) in [5.41, 5.74) is 0.155. The molecule has 1 amide bonds. The lowest BCUT2D eigenvalue weighted by molar-refractivity contribution is 0.0657. The Labute approximate surface area is 112 Å². The van der Waals surface area contributed by atoms with Gasteiger partial charge in [0.1, 0.15) is 11.6 Å². The van der Waals surface area contributed by atoms with Gasteiger partial charge in [-0.2, -0.15) is 0 Å². The van der Waals surface area contributed by atoms with E-state index >= 15 is 0 Å². The third-order valence-electron chi connectivity index (χ3n) is 4.30. The van der Waals surface area contributed by atoms with Crippen molar-refractivity contribution in [3.63, 3.8) is 0 Å². The van der Waals surface area contributed by atoms with Crippen LogP contribution in [0.5, 0.6) is 5.75 Å². The summed E-state index contributed by atoms with van der Waals surface area (Å²) in [5, 5.41) is 0. The van der Waals surface area contributed by atoms with Crippen molar-refractivity contribution < 1.29 is 13.9 Å². The molecule has 2 atom stereocenters. The fraction of sp³-hybridized carbons (Fsp3) is 0.533. The monoisotopic (exact) mass is 263 g/mol. The van der Waals surface area contributed by atoms with E-state index in [1.54, 1.807) is 6.07 Å². The van der Waals surface area contributed by atoms with Crippen molar-refractivity contribution in [1.29, 1.82) is 0 Å². The number of nitrogens with zero attached hydrogens (tertiary/aromatic N) is 1. The zero-order chi connectivity index (χ0) is 13.4. The first-order valence-corrected chi connectivity index (χ1v) is 6.80. The Hall–Kier alpha value is -1.58. The van der Waals surface area contributed by atoms with E-state index in [0.717, 1.165) is 13.1 Å². The molecule has 2 fully saturated rings. The Morgan fingerprint density at radius 2 is 2.00 bits per heavy atom. The molecule has 1 aromatic rings. The van der Waals surface area contributed by atoms with Crippen LogP contribution in [0.2, 0.25) is 0 Å². The molecular weight excluding hydrogens is 245 g/mol. The average Bonchev–Trinajstić information content (AvgIpc) is 2.76. The number of ether oxygens (including phenoxy) is 1. The van der Waals surface area contributed by atoms with Gasteiger partial charge in [0, 0.05) is 19.2 Å². The van der Waals surface area contributed by atoms with Crippen molar-refractivity contribution in [2.24, 2.45) is 11.8 Å². The highest BCUT2D eigenvalue weighted by Gasteiger charge is 2.35. The van der Waals surface area contributed by atoms with Crippen molar-refractivity contribution >= 4 is 5.91 Å². The van der Waals surface area contributed by atoms with E-state index in [4.69, 9.17) is 4.74 Å². The summed E-state index contributed by atoms with van der Waals surface area (Å²) in [6, 6.07) is 4.42.